The van der Waals surface area contributed by atoms with Crippen LogP contribution in [0.4, 0.5) is 0 Å². The highest BCUT2D eigenvalue weighted by atomic mass is 15.2. The number of rotatable bonds is 3. The molecule has 1 aromatic heterocycles. The molecule has 3 heteroatoms. The third-order valence-corrected chi connectivity index (χ3v) is 3.30. The highest BCUT2D eigenvalue weighted by molar-refractivity contribution is 5.03. The summed E-state index contributed by atoms with van der Waals surface area (Å²) in [6, 6.07) is 0.515. The Hall–Kier alpha value is -0.830. The molecule has 90 valence electrons. The van der Waals surface area contributed by atoms with Crippen molar-refractivity contribution in [2.24, 2.45) is 0 Å². The van der Waals surface area contributed by atoms with Crippen molar-refractivity contribution >= 4 is 0 Å². The Morgan fingerprint density at radius 3 is 2.56 bits per heavy atom. The van der Waals surface area contributed by atoms with Gasteiger partial charge >= 0.3 is 0 Å². The molecule has 1 aliphatic rings. The van der Waals surface area contributed by atoms with E-state index in [1.807, 2.05) is 0 Å². The Morgan fingerprint density at radius 1 is 1.25 bits per heavy atom. The van der Waals surface area contributed by atoms with Crippen molar-refractivity contribution in [2.45, 2.75) is 52.6 Å². The fourth-order valence-electron chi connectivity index (χ4n) is 2.45. The van der Waals surface area contributed by atoms with E-state index in [2.05, 4.69) is 41.4 Å². The zero-order valence-electron chi connectivity index (χ0n) is 10.7. The fourth-order valence-corrected chi connectivity index (χ4v) is 2.45. The van der Waals surface area contributed by atoms with E-state index in [4.69, 9.17) is 0 Å². The Kier molecular flexibility index (Phi) is 3.64. The number of hydrogen-bond donors (Lipinski definition) is 0. The Labute approximate surface area is 98.5 Å². The standard InChI is InChI=1S/C13H23N3/c1-11(2)16-9-12(3)14-13(16)10-15-7-5-4-6-8-15/h9,11H,4-8,10H2,1-3H3. The molecule has 0 unspecified atom stereocenters. The van der Waals surface area contributed by atoms with Crippen molar-refractivity contribution in [3.05, 3.63) is 17.7 Å². The van der Waals surface area contributed by atoms with Crippen LogP contribution in [0.25, 0.3) is 0 Å². The van der Waals surface area contributed by atoms with Crippen LogP contribution in [-0.2, 0) is 6.54 Å². The minimum absolute atomic E-state index is 0.515. The maximum atomic E-state index is 4.65. The van der Waals surface area contributed by atoms with Gasteiger partial charge in [0.25, 0.3) is 0 Å². The van der Waals surface area contributed by atoms with E-state index in [1.54, 1.807) is 0 Å². The zero-order chi connectivity index (χ0) is 11.5. The third kappa shape index (κ3) is 2.64. The normalized spacial score (nSPS) is 18.2. The number of aryl methyl sites for hydroxylation is 1. The lowest BCUT2D eigenvalue weighted by Gasteiger charge is -2.26. The van der Waals surface area contributed by atoms with Crippen molar-refractivity contribution < 1.29 is 0 Å². The van der Waals surface area contributed by atoms with Gasteiger partial charge < -0.3 is 4.57 Å². The van der Waals surface area contributed by atoms with Gasteiger partial charge in [0.2, 0.25) is 0 Å². The van der Waals surface area contributed by atoms with Crippen LogP contribution in [0, 0.1) is 6.92 Å². The lowest BCUT2D eigenvalue weighted by atomic mass is 10.1. The molecule has 1 fully saturated rings. The quantitative estimate of drug-likeness (QED) is 0.782. The molecule has 2 heterocycles. The Bertz CT molecular complexity index is 335. The van der Waals surface area contributed by atoms with E-state index in [0.29, 0.717) is 6.04 Å². The molecule has 0 saturated carbocycles. The zero-order valence-corrected chi connectivity index (χ0v) is 10.7. The van der Waals surface area contributed by atoms with Crippen LogP contribution < -0.4 is 0 Å². The first-order valence-corrected chi connectivity index (χ1v) is 6.43. The van der Waals surface area contributed by atoms with E-state index in [-0.39, 0.29) is 0 Å². The van der Waals surface area contributed by atoms with Crippen molar-refractivity contribution in [2.75, 3.05) is 13.1 Å². The fraction of sp³-hybridized carbons (Fsp3) is 0.769. The van der Waals surface area contributed by atoms with Gasteiger partial charge in [-0.15, -0.1) is 0 Å². The van der Waals surface area contributed by atoms with Gasteiger partial charge in [-0.1, -0.05) is 6.42 Å². The first kappa shape index (κ1) is 11.6. The third-order valence-electron chi connectivity index (χ3n) is 3.30. The molecule has 16 heavy (non-hydrogen) atoms. The molecule has 1 aromatic rings. The van der Waals surface area contributed by atoms with Gasteiger partial charge in [-0.25, -0.2) is 4.98 Å². The molecule has 1 aliphatic heterocycles. The summed E-state index contributed by atoms with van der Waals surface area (Å²) in [7, 11) is 0. The van der Waals surface area contributed by atoms with Crippen molar-refractivity contribution in [3.8, 4) is 0 Å². The summed E-state index contributed by atoms with van der Waals surface area (Å²) in [6.45, 7) is 10.0. The molecule has 0 aliphatic carbocycles. The second kappa shape index (κ2) is 5.00. The topological polar surface area (TPSA) is 21.1 Å². The molecule has 0 radical (unpaired) electrons. The molecule has 0 bridgehead atoms. The Morgan fingerprint density at radius 2 is 1.94 bits per heavy atom. The second-order valence-corrected chi connectivity index (χ2v) is 5.14. The van der Waals surface area contributed by atoms with Gasteiger partial charge in [-0.05, 0) is 46.7 Å². The van der Waals surface area contributed by atoms with Gasteiger partial charge in [0.15, 0.2) is 0 Å². The SMILES string of the molecule is Cc1cn(C(C)C)c(CN2CCCCC2)n1. The smallest absolute Gasteiger partial charge is 0.123 e. The van der Waals surface area contributed by atoms with E-state index in [9.17, 15) is 0 Å². The summed E-state index contributed by atoms with van der Waals surface area (Å²) in [4.78, 5) is 7.18. The summed E-state index contributed by atoms with van der Waals surface area (Å²) in [5.74, 6) is 1.23. The predicted molar refractivity (Wildman–Crippen MR) is 66.5 cm³/mol. The Balaban J connectivity index is 2.07. The van der Waals surface area contributed by atoms with Crippen molar-refractivity contribution in [1.29, 1.82) is 0 Å². The molecule has 0 spiro atoms. The number of aromatic nitrogens is 2. The van der Waals surface area contributed by atoms with Gasteiger partial charge in [-0.3, -0.25) is 4.90 Å². The van der Waals surface area contributed by atoms with Gasteiger partial charge in [0.1, 0.15) is 5.82 Å². The maximum absolute atomic E-state index is 4.65. The molecule has 0 aromatic carbocycles. The number of hydrogen-bond acceptors (Lipinski definition) is 2. The summed E-state index contributed by atoms with van der Waals surface area (Å²) >= 11 is 0. The molecule has 3 nitrogen and oxygen atoms in total. The largest absolute Gasteiger partial charge is 0.331 e. The molecule has 0 amide bonds. The monoisotopic (exact) mass is 221 g/mol. The number of likely N-dealkylation sites (tertiary alicyclic amines) is 1. The van der Waals surface area contributed by atoms with Crippen LogP contribution in [0.5, 0.6) is 0 Å². The van der Waals surface area contributed by atoms with Crippen LogP contribution in [0.2, 0.25) is 0 Å². The van der Waals surface area contributed by atoms with E-state index in [0.717, 1.165) is 12.2 Å². The van der Waals surface area contributed by atoms with Crippen LogP contribution in [0.15, 0.2) is 6.20 Å². The average molecular weight is 221 g/mol. The van der Waals surface area contributed by atoms with Crippen molar-refractivity contribution in [3.63, 3.8) is 0 Å². The number of imidazole rings is 1. The van der Waals surface area contributed by atoms with Crippen LogP contribution in [-0.4, -0.2) is 27.5 Å². The number of nitrogens with zero attached hydrogens (tertiary/aromatic N) is 3. The maximum Gasteiger partial charge on any atom is 0.123 e. The predicted octanol–water partition coefficient (Wildman–Crippen LogP) is 2.76. The van der Waals surface area contributed by atoms with Crippen LogP contribution in [0.1, 0.15) is 50.7 Å². The molecular weight excluding hydrogens is 198 g/mol. The molecule has 0 atom stereocenters. The minimum Gasteiger partial charge on any atom is -0.331 e. The van der Waals surface area contributed by atoms with E-state index in [1.165, 1.54) is 38.2 Å². The molecule has 2 rings (SSSR count). The summed E-state index contributed by atoms with van der Waals surface area (Å²) in [5, 5.41) is 0. The highest BCUT2D eigenvalue weighted by Crippen LogP contribution is 2.16. The van der Waals surface area contributed by atoms with E-state index >= 15 is 0 Å². The lowest BCUT2D eigenvalue weighted by molar-refractivity contribution is 0.212. The number of piperidine rings is 1. The first-order chi connectivity index (χ1) is 7.66. The summed E-state index contributed by atoms with van der Waals surface area (Å²) < 4.78 is 2.31. The van der Waals surface area contributed by atoms with Crippen molar-refractivity contribution in [1.82, 2.24) is 14.5 Å². The molecule has 0 N–H and O–H groups in total. The van der Waals surface area contributed by atoms with Gasteiger partial charge in [0.05, 0.1) is 12.2 Å². The van der Waals surface area contributed by atoms with Gasteiger partial charge in [-0.2, -0.15) is 0 Å². The summed E-state index contributed by atoms with van der Waals surface area (Å²) in [5.41, 5.74) is 1.14. The second-order valence-electron chi connectivity index (χ2n) is 5.14. The molecular formula is C13H23N3. The minimum atomic E-state index is 0.515. The highest BCUT2D eigenvalue weighted by Gasteiger charge is 2.15. The summed E-state index contributed by atoms with van der Waals surface area (Å²) in [6.07, 6.45) is 6.26. The molecule has 1 saturated heterocycles. The van der Waals surface area contributed by atoms with Crippen LogP contribution >= 0.6 is 0 Å². The lowest BCUT2D eigenvalue weighted by Crippen LogP contribution is -2.30. The van der Waals surface area contributed by atoms with E-state index < -0.39 is 0 Å². The first-order valence-electron chi connectivity index (χ1n) is 6.43. The van der Waals surface area contributed by atoms with Gasteiger partial charge in [0, 0.05) is 12.2 Å². The average Bonchev–Trinajstić information content (AvgIpc) is 2.61. The van der Waals surface area contributed by atoms with Crippen LogP contribution in [0.3, 0.4) is 0 Å².